The molecule has 54 heavy (non-hydrogen) atoms. The Bertz CT molecular complexity index is 2030. The number of H-pyrrole nitrogens is 1. The minimum Gasteiger partial charge on any atom is -0.496 e. The van der Waals surface area contributed by atoms with Crippen LogP contribution in [0.25, 0.3) is 10.9 Å². The minimum atomic E-state index is -2.16. The molecule has 3 fully saturated rings. The Hall–Kier alpha value is -3.86. The van der Waals surface area contributed by atoms with Gasteiger partial charge >= 0.3 is 11.9 Å². The normalized spacial score (nSPS) is 36.6. The zero-order valence-electron chi connectivity index (χ0n) is 32.7. The number of nitrogens with one attached hydrogen (secondary N) is 1. The highest BCUT2D eigenvalue weighted by Crippen LogP contribution is 2.68. The van der Waals surface area contributed by atoms with Crippen LogP contribution in [0.5, 0.6) is 5.75 Å². The number of carbonyl (C=O) groups excluding carboxylic acids is 2. The number of carbonyl (C=O) groups is 2. The number of para-hydroxylation sites is 1. The van der Waals surface area contributed by atoms with Crippen molar-refractivity contribution < 1.29 is 28.9 Å². The molecule has 0 radical (unpaired) electrons. The van der Waals surface area contributed by atoms with E-state index in [-0.39, 0.29) is 12.0 Å². The lowest BCUT2D eigenvalue weighted by molar-refractivity contribution is -0.228. The number of ether oxygens (including phenoxy) is 3. The third-order valence-corrected chi connectivity index (χ3v) is 14.9. The molecule has 1 spiro atoms. The number of likely N-dealkylation sites (N-methyl/N-ethyl adjacent to an activating group) is 1. The average molecular weight is 737 g/mol. The molecule has 2 aromatic carbocycles. The lowest BCUT2D eigenvalue weighted by atomic mass is 9.47. The first kappa shape index (κ1) is 35.8. The van der Waals surface area contributed by atoms with Gasteiger partial charge < -0.3 is 34.1 Å². The maximum atomic E-state index is 14.3. The van der Waals surface area contributed by atoms with Crippen molar-refractivity contribution in [2.45, 2.75) is 94.4 Å². The number of rotatable bonds is 6. The Labute approximate surface area is 318 Å². The number of nitrogens with zero attached hydrogens (tertiary/aromatic N) is 3. The number of piperidine rings is 1. The number of hydrogen-bond donors (Lipinski definition) is 2. The molecule has 10 heteroatoms. The van der Waals surface area contributed by atoms with Crippen LogP contribution in [-0.2, 0) is 30.9 Å². The molecule has 10 nitrogen and oxygen atoms in total. The van der Waals surface area contributed by atoms with Crippen molar-refractivity contribution in [2.24, 2.45) is 17.3 Å². The van der Waals surface area contributed by atoms with Crippen LogP contribution in [0.1, 0.15) is 81.2 Å². The summed E-state index contributed by atoms with van der Waals surface area (Å²) in [6.45, 7) is 10.6. The fourth-order valence-corrected chi connectivity index (χ4v) is 12.9. The Morgan fingerprint density at radius 2 is 1.87 bits per heavy atom. The molecule has 1 unspecified atom stereocenters. The van der Waals surface area contributed by atoms with Crippen LogP contribution in [0.15, 0.2) is 48.6 Å². The fourth-order valence-electron chi connectivity index (χ4n) is 12.9. The highest BCUT2D eigenvalue weighted by Gasteiger charge is 2.80. The predicted molar refractivity (Wildman–Crippen MR) is 208 cm³/mol. The van der Waals surface area contributed by atoms with Crippen LogP contribution in [-0.4, -0.2) is 110 Å². The van der Waals surface area contributed by atoms with Crippen molar-refractivity contribution in [1.29, 1.82) is 0 Å². The Balaban J connectivity index is 1.29. The van der Waals surface area contributed by atoms with Gasteiger partial charge in [0.15, 0.2) is 6.10 Å². The van der Waals surface area contributed by atoms with E-state index < -0.39 is 40.5 Å². The molecule has 0 amide bonds. The average Bonchev–Trinajstić information content (AvgIpc) is 3.84. The third kappa shape index (κ3) is 4.75. The zero-order valence-corrected chi connectivity index (χ0v) is 32.7. The van der Waals surface area contributed by atoms with Crippen LogP contribution in [0.3, 0.4) is 0 Å². The highest BCUT2D eigenvalue weighted by molar-refractivity contribution is 5.88. The van der Waals surface area contributed by atoms with Gasteiger partial charge in [-0.2, -0.15) is 0 Å². The smallest absolute Gasteiger partial charge is 0.344 e. The van der Waals surface area contributed by atoms with Crippen LogP contribution < -0.4 is 9.64 Å². The van der Waals surface area contributed by atoms with E-state index in [9.17, 15) is 14.7 Å². The van der Waals surface area contributed by atoms with Gasteiger partial charge in [0.2, 0.25) is 5.60 Å². The van der Waals surface area contributed by atoms with Gasteiger partial charge in [-0.1, -0.05) is 50.6 Å². The van der Waals surface area contributed by atoms with Gasteiger partial charge in [0, 0.05) is 96.9 Å². The van der Waals surface area contributed by atoms with Gasteiger partial charge in [0.25, 0.3) is 0 Å². The summed E-state index contributed by atoms with van der Waals surface area (Å²) in [5.41, 5.74) is 3.37. The van der Waals surface area contributed by atoms with Gasteiger partial charge in [0.05, 0.1) is 20.3 Å². The van der Waals surface area contributed by atoms with E-state index in [1.807, 2.05) is 7.05 Å². The Morgan fingerprint density at radius 1 is 1.06 bits per heavy atom. The van der Waals surface area contributed by atoms with Crippen LogP contribution in [0.2, 0.25) is 0 Å². The molecule has 3 aromatic rings. The number of anilines is 1. The summed E-state index contributed by atoms with van der Waals surface area (Å²) in [5.74, 6) is 0.754. The number of fused-ring (bicyclic) bond motifs is 6. The summed E-state index contributed by atoms with van der Waals surface area (Å²) in [6.07, 6.45) is 8.78. The van der Waals surface area contributed by atoms with Crippen LogP contribution >= 0.6 is 0 Å². The maximum absolute atomic E-state index is 14.3. The monoisotopic (exact) mass is 736 g/mol. The van der Waals surface area contributed by atoms with Crippen molar-refractivity contribution >= 4 is 28.5 Å². The number of hydrogen-bond acceptors (Lipinski definition) is 9. The standard InChI is InChI=1S/C44H56N4O6/c1-7-27-20-28-21-32(37-30(14-18-47(24-27)25-28)29-12-9-10-13-34(29)45-37)31-22-33-35(23-36(31)52-5)46(4)39-43(33)16-19-48-17-11-15-42(8-2,38(43)48)40(54-26(3)49)44(39,51)41(50)53-6/h9-13,15,22-23,27-28,32,38-40,45,51H,7-8,14,16-21,24-25H2,1-6H3/t27-,28+,32-,38-,39+,40-,42-,43+,44-/m1/s1. The van der Waals surface area contributed by atoms with Gasteiger partial charge in [-0.25, -0.2) is 4.79 Å². The van der Waals surface area contributed by atoms with E-state index in [1.165, 1.54) is 49.0 Å². The second-order valence-corrected chi connectivity index (χ2v) is 17.2. The topological polar surface area (TPSA) is 108 Å². The Kier molecular flexibility index (Phi) is 8.52. The molecule has 288 valence electrons. The fraction of sp³-hybridized carbons (Fsp3) is 0.591. The lowest BCUT2D eigenvalue weighted by Gasteiger charge is -2.63. The largest absolute Gasteiger partial charge is 0.496 e. The molecule has 2 bridgehead atoms. The molecular formula is C44H56N4O6. The summed E-state index contributed by atoms with van der Waals surface area (Å²) >= 11 is 0. The number of esters is 2. The molecule has 5 aliphatic heterocycles. The second kappa shape index (κ2) is 12.8. The van der Waals surface area contributed by atoms with Crippen molar-refractivity contribution in [1.82, 2.24) is 14.8 Å². The lowest BCUT2D eigenvalue weighted by Crippen LogP contribution is -2.81. The van der Waals surface area contributed by atoms with E-state index in [4.69, 9.17) is 14.2 Å². The van der Waals surface area contributed by atoms with Crippen LogP contribution in [0, 0.1) is 17.3 Å². The van der Waals surface area contributed by atoms with Gasteiger partial charge in [-0.05, 0) is 73.7 Å². The number of aromatic nitrogens is 1. The first-order valence-corrected chi connectivity index (χ1v) is 20.2. The first-order chi connectivity index (χ1) is 26.0. The summed E-state index contributed by atoms with van der Waals surface area (Å²) in [6, 6.07) is 12.4. The SMILES string of the molecule is CC[C@@H]1C[C@H]2C[C@H](c3cc4c(cc3OC)N(C)[C@@H]3[C@](O)(C(=O)OC)[C@H](OC(C)=O)[C@]5(CC)C=CCN6CC[C@@]43[C@H]65)c3[nH]c4ccccc4c3CCN(C1)C2. The molecule has 2 N–H and O–H groups in total. The van der Waals surface area contributed by atoms with Crippen molar-refractivity contribution in [3.05, 3.63) is 70.9 Å². The number of methoxy groups -OCH3 is 2. The van der Waals surface area contributed by atoms with E-state index in [0.717, 1.165) is 74.6 Å². The maximum Gasteiger partial charge on any atom is 0.344 e. The molecule has 2 saturated heterocycles. The predicted octanol–water partition coefficient (Wildman–Crippen LogP) is 5.55. The van der Waals surface area contributed by atoms with Gasteiger partial charge in [-0.3, -0.25) is 9.69 Å². The quantitative estimate of drug-likeness (QED) is 0.249. The minimum absolute atomic E-state index is 0.0468. The molecule has 1 aromatic heterocycles. The van der Waals surface area contributed by atoms with Crippen molar-refractivity contribution in [3.63, 3.8) is 0 Å². The van der Waals surface area contributed by atoms with Crippen molar-refractivity contribution in [3.8, 4) is 5.75 Å². The van der Waals surface area contributed by atoms with Crippen LogP contribution in [0.4, 0.5) is 5.69 Å². The molecule has 10 atom stereocenters. The van der Waals surface area contributed by atoms with E-state index in [2.05, 4.69) is 82.1 Å². The Morgan fingerprint density at radius 3 is 2.61 bits per heavy atom. The van der Waals surface area contributed by atoms with E-state index in [0.29, 0.717) is 18.3 Å². The second-order valence-electron chi connectivity index (χ2n) is 17.2. The molecule has 6 heterocycles. The highest BCUT2D eigenvalue weighted by atomic mass is 16.6. The molecule has 9 rings (SSSR count). The van der Waals surface area contributed by atoms with Gasteiger partial charge in [-0.15, -0.1) is 0 Å². The molecular weight excluding hydrogens is 681 g/mol. The van der Waals surface area contributed by atoms with E-state index in [1.54, 1.807) is 7.11 Å². The number of aromatic amines is 1. The summed E-state index contributed by atoms with van der Waals surface area (Å²) < 4.78 is 18.0. The zero-order chi connectivity index (χ0) is 37.7. The number of aliphatic hydroxyl groups is 1. The number of benzene rings is 2. The van der Waals surface area contributed by atoms with Gasteiger partial charge in [0.1, 0.15) is 5.75 Å². The summed E-state index contributed by atoms with van der Waals surface area (Å²) in [4.78, 5) is 38.4. The van der Waals surface area contributed by atoms with Crippen molar-refractivity contribution in [2.75, 3.05) is 58.9 Å². The summed E-state index contributed by atoms with van der Waals surface area (Å²) in [5, 5.41) is 14.5. The molecule has 1 saturated carbocycles. The first-order valence-electron chi connectivity index (χ1n) is 20.2. The third-order valence-electron chi connectivity index (χ3n) is 14.9. The van der Waals surface area contributed by atoms with E-state index >= 15 is 0 Å². The molecule has 1 aliphatic carbocycles. The molecule has 6 aliphatic rings. The summed E-state index contributed by atoms with van der Waals surface area (Å²) in [7, 11) is 5.04.